The van der Waals surface area contributed by atoms with Gasteiger partial charge in [0.25, 0.3) is 0 Å². The molecule has 112 valence electrons. The van der Waals surface area contributed by atoms with Gasteiger partial charge < -0.3 is 14.5 Å². The van der Waals surface area contributed by atoms with Gasteiger partial charge >= 0.3 is 0 Å². The molecule has 1 aromatic rings. The van der Waals surface area contributed by atoms with Crippen molar-refractivity contribution < 1.29 is 4.74 Å². The number of hydrogen-bond donors (Lipinski definition) is 0. The van der Waals surface area contributed by atoms with Crippen molar-refractivity contribution in [2.45, 2.75) is 26.2 Å². The highest BCUT2D eigenvalue weighted by Crippen LogP contribution is 2.24. The number of pyridine rings is 1. The molecule has 0 aliphatic carbocycles. The molecule has 0 atom stereocenters. The standard InChI is InChI=1S/C16H27N3O/c1-13(2)14-5-6-16(19-9-11-20-12-10-19)15(17-14)7-8-18(3)4/h5-6,13H,7-12H2,1-4H3. The zero-order valence-corrected chi connectivity index (χ0v) is 13.2. The summed E-state index contributed by atoms with van der Waals surface area (Å²) in [4.78, 5) is 9.53. The van der Waals surface area contributed by atoms with E-state index in [-0.39, 0.29) is 0 Å². The predicted molar refractivity (Wildman–Crippen MR) is 83.6 cm³/mol. The maximum Gasteiger partial charge on any atom is 0.0652 e. The molecule has 4 heteroatoms. The van der Waals surface area contributed by atoms with E-state index in [1.165, 1.54) is 17.1 Å². The van der Waals surface area contributed by atoms with Crippen LogP contribution in [0.1, 0.15) is 31.2 Å². The number of morpholine rings is 1. The van der Waals surface area contributed by atoms with Crippen LogP contribution < -0.4 is 4.90 Å². The summed E-state index contributed by atoms with van der Waals surface area (Å²) >= 11 is 0. The molecule has 20 heavy (non-hydrogen) atoms. The Hall–Kier alpha value is -1.13. The SMILES string of the molecule is CC(C)c1ccc(N2CCOCC2)c(CCN(C)C)n1. The number of likely N-dealkylation sites (N-methyl/N-ethyl adjacent to an activating group) is 1. The summed E-state index contributed by atoms with van der Waals surface area (Å²) in [6.07, 6.45) is 1.00. The topological polar surface area (TPSA) is 28.6 Å². The van der Waals surface area contributed by atoms with Crippen LogP contribution in [0.25, 0.3) is 0 Å². The van der Waals surface area contributed by atoms with Gasteiger partial charge in [-0.25, -0.2) is 0 Å². The van der Waals surface area contributed by atoms with Gasteiger partial charge in [-0.05, 0) is 32.1 Å². The predicted octanol–water partition coefficient (Wildman–Crippen LogP) is 2.15. The van der Waals surface area contributed by atoms with Crippen LogP contribution in [0.15, 0.2) is 12.1 Å². The van der Waals surface area contributed by atoms with E-state index in [4.69, 9.17) is 9.72 Å². The molecular formula is C16H27N3O. The first-order valence-electron chi connectivity index (χ1n) is 7.55. The minimum atomic E-state index is 0.479. The number of aromatic nitrogens is 1. The van der Waals surface area contributed by atoms with Crippen LogP contribution in [0.5, 0.6) is 0 Å². The normalized spacial score (nSPS) is 16.2. The highest BCUT2D eigenvalue weighted by molar-refractivity contribution is 5.52. The van der Waals surface area contributed by atoms with Gasteiger partial charge in [0.05, 0.1) is 24.6 Å². The molecule has 0 aromatic carbocycles. The summed E-state index contributed by atoms with van der Waals surface area (Å²) in [7, 11) is 4.22. The summed E-state index contributed by atoms with van der Waals surface area (Å²) in [5.41, 5.74) is 3.71. The first kappa shape index (κ1) is 15.3. The van der Waals surface area contributed by atoms with Crippen LogP contribution in [-0.2, 0) is 11.2 Å². The molecule has 0 saturated carbocycles. The molecule has 1 aliphatic heterocycles. The summed E-state index contributed by atoms with van der Waals surface area (Å²) in [6.45, 7) is 9.01. The summed E-state index contributed by atoms with van der Waals surface area (Å²) in [6, 6.07) is 4.42. The minimum Gasteiger partial charge on any atom is -0.378 e. The molecule has 2 heterocycles. The second-order valence-corrected chi connectivity index (χ2v) is 6.01. The van der Waals surface area contributed by atoms with Gasteiger partial charge in [0.2, 0.25) is 0 Å². The van der Waals surface area contributed by atoms with Crippen molar-refractivity contribution in [2.75, 3.05) is 51.8 Å². The maximum absolute atomic E-state index is 5.45. The fraction of sp³-hybridized carbons (Fsp3) is 0.688. The molecular weight excluding hydrogens is 250 g/mol. The molecule has 0 bridgehead atoms. The Balaban J connectivity index is 2.23. The largest absolute Gasteiger partial charge is 0.378 e. The molecule has 1 aromatic heterocycles. The molecule has 4 nitrogen and oxygen atoms in total. The second-order valence-electron chi connectivity index (χ2n) is 6.01. The van der Waals surface area contributed by atoms with Crippen LogP contribution in [0.3, 0.4) is 0 Å². The van der Waals surface area contributed by atoms with Crippen molar-refractivity contribution in [3.05, 3.63) is 23.5 Å². The minimum absolute atomic E-state index is 0.479. The molecule has 1 fully saturated rings. The average molecular weight is 277 g/mol. The van der Waals surface area contributed by atoms with E-state index in [9.17, 15) is 0 Å². The Labute approximate surface area is 122 Å². The second kappa shape index (κ2) is 7.04. The molecule has 1 aliphatic rings. The Bertz CT molecular complexity index is 426. The third kappa shape index (κ3) is 3.93. The smallest absolute Gasteiger partial charge is 0.0652 e. The molecule has 0 radical (unpaired) electrons. The van der Waals surface area contributed by atoms with Crippen molar-refractivity contribution >= 4 is 5.69 Å². The van der Waals surface area contributed by atoms with E-state index < -0.39 is 0 Å². The number of rotatable bonds is 5. The van der Waals surface area contributed by atoms with E-state index in [2.05, 4.69) is 49.9 Å². The quantitative estimate of drug-likeness (QED) is 0.824. The zero-order chi connectivity index (χ0) is 14.5. The van der Waals surface area contributed by atoms with Crippen LogP contribution in [0.4, 0.5) is 5.69 Å². The van der Waals surface area contributed by atoms with Gasteiger partial charge in [0, 0.05) is 31.7 Å². The molecule has 0 amide bonds. The van der Waals surface area contributed by atoms with E-state index in [1.54, 1.807) is 0 Å². The van der Waals surface area contributed by atoms with E-state index in [0.29, 0.717) is 5.92 Å². The lowest BCUT2D eigenvalue weighted by Crippen LogP contribution is -2.37. The first-order chi connectivity index (χ1) is 9.58. The van der Waals surface area contributed by atoms with Crippen LogP contribution in [0, 0.1) is 0 Å². The highest BCUT2D eigenvalue weighted by atomic mass is 16.5. The van der Waals surface area contributed by atoms with Gasteiger partial charge in [-0.1, -0.05) is 13.8 Å². The molecule has 0 unspecified atom stereocenters. The van der Waals surface area contributed by atoms with Gasteiger partial charge in [-0.2, -0.15) is 0 Å². The van der Waals surface area contributed by atoms with Crippen molar-refractivity contribution in [1.29, 1.82) is 0 Å². The van der Waals surface area contributed by atoms with Crippen molar-refractivity contribution in [3.63, 3.8) is 0 Å². The van der Waals surface area contributed by atoms with Crippen LogP contribution >= 0.6 is 0 Å². The van der Waals surface area contributed by atoms with E-state index >= 15 is 0 Å². The number of anilines is 1. The van der Waals surface area contributed by atoms with Crippen molar-refractivity contribution in [3.8, 4) is 0 Å². The van der Waals surface area contributed by atoms with Gasteiger partial charge in [-0.15, -0.1) is 0 Å². The van der Waals surface area contributed by atoms with Gasteiger partial charge in [0.1, 0.15) is 0 Å². The monoisotopic (exact) mass is 277 g/mol. The molecule has 1 saturated heterocycles. The Morgan fingerprint density at radius 2 is 1.95 bits per heavy atom. The van der Waals surface area contributed by atoms with E-state index in [1.807, 2.05) is 0 Å². The van der Waals surface area contributed by atoms with Crippen molar-refractivity contribution in [2.24, 2.45) is 0 Å². The Morgan fingerprint density at radius 1 is 1.25 bits per heavy atom. The van der Waals surface area contributed by atoms with Crippen LogP contribution in [0.2, 0.25) is 0 Å². The third-order valence-electron chi connectivity index (χ3n) is 3.71. The lowest BCUT2D eigenvalue weighted by Gasteiger charge is -2.30. The lowest BCUT2D eigenvalue weighted by atomic mass is 10.1. The maximum atomic E-state index is 5.45. The summed E-state index contributed by atoms with van der Waals surface area (Å²) in [5, 5.41) is 0. The average Bonchev–Trinajstić information content (AvgIpc) is 2.45. The van der Waals surface area contributed by atoms with Gasteiger partial charge in [-0.3, -0.25) is 4.98 Å². The number of ether oxygens (including phenoxy) is 1. The summed E-state index contributed by atoms with van der Waals surface area (Å²) < 4.78 is 5.45. The number of hydrogen-bond acceptors (Lipinski definition) is 4. The molecule has 0 spiro atoms. The molecule has 2 rings (SSSR count). The number of nitrogens with zero attached hydrogens (tertiary/aromatic N) is 3. The highest BCUT2D eigenvalue weighted by Gasteiger charge is 2.17. The fourth-order valence-electron chi connectivity index (χ4n) is 2.44. The molecule has 0 N–H and O–H groups in total. The Kier molecular flexibility index (Phi) is 5.38. The zero-order valence-electron chi connectivity index (χ0n) is 13.2. The third-order valence-corrected chi connectivity index (χ3v) is 3.71. The lowest BCUT2D eigenvalue weighted by molar-refractivity contribution is 0.122. The fourth-order valence-corrected chi connectivity index (χ4v) is 2.44. The van der Waals surface area contributed by atoms with Gasteiger partial charge in [0.15, 0.2) is 0 Å². The van der Waals surface area contributed by atoms with Crippen LogP contribution in [-0.4, -0.2) is 56.8 Å². The van der Waals surface area contributed by atoms with Crippen molar-refractivity contribution in [1.82, 2.24) is 9.88 Å². The first-order valence-corrected chi connectivity index (χ1v) is 7.55. The summed E-state index contributed by atoms with van der Waals surface area (Å²) in [5.74, 6) is 0.479. The Morgan fingerprint density at radius 3 is 2.55 bits per heavy atom. The van der Waals surface area contributed by atoms with E-state index in [0.717, 1.165) is 39.3 Å².